The highest BCUT2D eigenvalue weighted by Crippen LogP contribution is 2.40. The first-order valence-corrected chi connectivity index (χ1v) is 11.4. The standard InChI is InChI=1S/C28H26N2O6/c1-4-36-28(34)20-7-5-18(6-8-20)16-30-24(19-11-13-29-14-12-19)23(26(32)27(30)33)25(31)21-9-10-22(35-3)17(2)15-21/h5-15,24,31H,4,16H2,1-3H3/b25-23-. The number of hydrogen-bond donors (Lipinski definition) is 1. The van der Waals surface area contributed by atoms with Crippen molar-refractivity contribution < 1.29 is 29.0 Å². The molecule has 3 aromatic rings. The summed E-state index contributed by atoms with van der Waals surface area (Å²) in [6, 6.07) is 14.3. The van der Waals surface area contributed by atoms with E-state index in [4.69, 9.17) is 9.47 Å². The van der Waals surface area contributed by atoms with Gasteiger partial charge in [0, 0.05) is 24.5 Å². The molecule has 1 N–H and O–H groups in total. The van der Waals surface area contributed by atoms with Gasteiger partial charge in [-0.1, -0.05) is 12.1 Å². The number of carbonyl (C=O) groups is 3. The fourth-order valence-electron chi connectivity index (χ4n) is 4.27. The van der Waals surface area contributed by atoms with Gasteiger partial charge in [0.25, 0.3) is 11.7 Å². The summed E-state index contributed by atoms with van der Waals surface area (Å²) < 4.78 is 10.3. The Bertz CT molecular complexity index is 1330. The number of aliphatic hydroxyl groups excluding tert-OH is 1. The number of pyridine rings is 1. The predicted molar refractivity (Wildman–Crippen MR) is 132 cm³/mol. The highest BCUT2D eigenvalue weighted by atomic mass is 16.5. The SMILES string of the molecule is CCOC(=O)c1ccc(CN2C(=O)C(=O)/C(=C(\O)c3ccc(OC)c(C)c3)C2c2ccncc2)cc1. The second-order valence-corrected chi connectivity index (χ2v) is 8.31. The third-order valence-corrected chi connectivity index (χ3v) is 6.05. The van der Waals surface area contributed by atoms with Crippen molar-refractivity contribution in [2.75, 3.05) is 13.7 Å². The zero-order chi connectivity index (χ0) is 25.8. The Morgan fingerprint density at radius 2 is 1.69 bits per heavy atom. The van der Waals surface area contributed by atoms with Crippen LogP contribution in [-0.4, -0.2) is 46.4 Å². The average Bonchev–Trinajstić information content (AvgIpc) is 3.14. The van der Waals surface area contributed by atoms with Crippen LogP contribution in [0.1, 0.15) is 45.6 Å². The zero-order valence-corrected chi connectivity index (χ0v) is 20.2. The van der Waals surface area contributed by atoms with Crippen LogP contribution >= 0.6 is 0 Å². The summed E-state index contributed by atoms with van der Waals surface area (Å²) in [5.74, 6) is -1.55. The van der Waals surface area contributed by atoms with Gasteiger partial charge in [-0.15, -0.1) is 0 Å². The van der Waals surface area contributed by atoms with Gasteiger partial charge in [-0.2, -0.15) is 0 Å². The Morgan fingerprint density at radius 1 is 1.03 bits per heavy atom. The van der Waals surface area contributed by atoms with Crippen molar-refractivity contribution in [3.05, 3.63) is 100 Å². The number of esters is 1. The fourth-order valence-corrected chi connectivity index (χ4v) is 4.27. The average molecular weight is 487 g/mol. The number of aliphatic hydroxyl groups is 1. The minimum atomic E-state index is -0.819. The lowest BCUT2D eigenvalue weighted by molar-refractivity contribution is -0.140. The number of rotatable bonds is 7. The molecule has 1 aromatic heterocycles. The van der Waals surface area contributed by atoms with E-state index in [1.165, 1.54) is 4.90 Å². The molecule has 1 fully saturated rings. The van der Waals surface area contributed by atoms with Gasteiger partial charge in [-0.05, 0) is 73.0 Å². The van der Waals surface area contributed by atoms with Gasteiger partial charge in [-0.25, -0.2) is 4.79 Å². The van der Waals surface area contributed by atoms with Crippen LogP contribution in [-0.2, 0) is 20.9 Å². The van der Waals surface area contributed by atoms with Gasteiger partial charge in [0.2, 0.25) is 0 Å². The normalized spacial score (nSPS) is 16.8. The van der Waals surface area contributed by atoms with E-state index >= 15 is 0 Å². The van der Waals surface area contributed by atoms with Crippen molar-refractivity contribution in [2.24, 2.45) is 0 Å². The molecule has 1 aliphatic rings. The molecule has 1 amide bonds. The summed E-state index contributed by atoms with van der Waals surface area (Å²) in [7, 11) is 1.55. The number of carbonyl (C=O) groups excluding carboxylic acids is 3. The number of benzene rings is 2. The van der Waals surface area contributed by atoms with Crippen molar-refractivity contribution in [2.45, 2.75) is 26.4 Å². The third kappa shape index (κ3) is 4.70. The van der Waals surface area contributed by atoms with Gasteiger partial charge in [0.05, 0.1) is 30.9 Å². The summed E-state index contributed by atoms with van der Waals surface area (Å²) in [6.45, 7) is 3.92. The van der Waals surface area contributed by atoms with Crippen LogP contribution < -0.4 is 4.74 Å². The molecule has 184 valence electrons. The van der Waals surface area contributed by atoms with Crippen molar-refractivity contribution in [1.29, 1.82) is 0 Å². The van der Waals surface area contributed by atoms with Crippen molar-refractivity contribution in [1.82, 2.24) is 9.88 Å². The van der Waals surface area contributed by atoms with Crippen LogP contribution in [0.5, 0.6) is 5.75 Å². The van der Waals surface area contributed by atoms with Crippen LogP contribution in [0.2, 0.25) is 0 Å². The number of ether oxygens (including phenoxy) is 2. The number of amides is 1. The van der Waals surface area contributed by atoms with E-state index in [-0.39, 0.29) is 24.5 Å². The summed E-state index contributed by atoms with van der Waals surface area (Å²) >= 11 is 0. The minimum Gasteiger partial charge on any atom is -0.507 e. The number of aryl methyl sites for hydroxylation is 1. The molecule has 1 atom stereocenters. The molecule has 1 saturated heterocycles. The second-order valence-electron chi connectivity index (χ2n) is 8.31. The minimum absolute atomic E-state index is 0.00101. The maximum absolute atomic E-state index is 13.2. The second kappa shape index (κ2) is 10.4. The van der Waals surface area contributed by atoms with Crippen LogP contribution in [0.15, 0.2) is 72.6 Å². The number of Topliss-reactive ketones (excluding diaryl/α,β-unsaturated/α-hetero) is 1. The Labute approximate surface area is 208 Å². The topological polar surface area (TPSA) is 106 Å². The molecule has 8 nitrogen and oxygen atoms in total. The van der Waals surface area contributed by atoms with E-state index in [0.717, 1.165) is 5.56 Å². The first-order valence-electron chi connectivity index (χ1n) is 11.4. The predicted octanol–water partition coefficient (Wildman–Crippen LogP) is 4.20. The highest BCUT2D eigenvalue weighted by Gasteiger charge is 2.46. The lowest BCUT2D eigenvalue weighted by Gasteiger charge is -2.25. The van der Waals surface area contributed by atoms with Crippen molar-refractivity contribution in [3.8, 4) is 5.75 Å². The quantitative estimate of drug-likeness (QED) is 0.231. The van der Waals surface area contributed by atoms with Gasteiger partial charge in [-0.3, -0.25) is 14.6 Å². The van der Waals surface area contributed by atoms with E-state index in [2.05, 4.69) is 4.98 Å². The smallest absolute Gasteiger partial charge is 0.338 e. The van der Waals surface area contributed by atoms with Gasteiger partial charge in [0.15, 0.2) is 0 Å². The van der Waals surface area contributed by atoms with Crippen LogP contribution in [0.25, 0.3) is 5.76 Å². The zero-order valence-electron chi connectivity index (χ0n) is 20.2. The molecule has 0 spiro atoms. The van der Waals surface area contributed by atoms with Crippen molar-refractivity contribution in [3.63, 3.8) is 0 Å². The number of ketones is 1. The van der Waals surface area contributed by atoms with Crippen LogP contribution in [0.3, 0.4) is 0 Å². The Balaban J connectivity index is 1.75. The number of methoxy groups -OCH3 is 1. The van der Waals surface area contributed by atoms with Gasteiger partial charge in [0.1, 0.15) is 11.5 Å². The summed E-state index contributed by atoms with van der Waals surface area (Å²) in [6.07, 6.45) is 3.14. The number of hydrogen-bond acceptors (Lipinski definition) is 7. The van der Waals surface area contributed by atoms with Gasteiger partial charge >= 0.3 is 5.97 Å². The molecule has 8 heteroatoms. The van der Waals surface area contributed by atoms with E-state index in [1.807, 2.05) is 6.92 Å². The first kappa shape index (κ1) is 24.7. The van der Waals surface area contributed by atoms with E-state index < -0.39 is 23.7 Å². The summed E-state index contributed by atoms with van der Waals surface area (Å²) in [5, 5.41) is 11.2. The molecule has 0 saturated carbocycles. The molecule has 0 aliphatic carbocycles. The fraction of sp³-hybridized carbons (Fsp3) is 0.214. The largest absolute Gasteiger partial charge is 0.507 e. The van der Waals surface area contributed by atoms with Crippen molar-refractivity contribution >= 4 is 23.4 Å². The molecule has 2 heterocycles. The molecule has 4 rings (SSSR count). The van der Waals surface area contributed by atoms with Crippen LogP contribution in [0, 0.1) is 6.92 Å². The molecule has 1 aliphatic heterocycles. The summed E-state index contributed by atoms with van der Waals surface area (Å²) in [5.41, 5.74) is 2.92. The lowest BCUT2D eigenvalue weighted by atomic mass is 9.95. The Hall–Kier alpha value is -4.46. The number of nitrogens with zero attached hydrogens (tertiary/aromatic N) is 2. The monoisotopic (exact) mass is 486 g/mol. The molecule has 0 radical (unpaired) electrons. The molecular weight excluding hydrogens is 460 g/mol. The summed E-state index contributed by atoms with van der Waals surface area (Å²) in [4.78, 5) is 43.8. The third-order valence-electron chi connectivity index (χ3n) is 6.05. The molecule has 0 bridgehead atoms. The highest BCUT2D eigenvalue weighted by molar-refractivity contribution is 6.46. The van der Waals surface area contributed by atoms with Gasteiger partial charge < -0.3 is 19.5 Å². The Morgan fingerprint density at radius 3 is 2.31 bits per heavy atom. The molecular formula is C28H26N2O6. The van der Waals surface area contributed by atoms with Crippen LogP contribution in [0.4, 0.5) is 0 Å². The van der Waals surface area contributed by atoms with E-state index in [0.29, 0.717) is 28.0 Å². The van der Waals surface area contributed by atoms with E-state index in [9.17, 15) is 19.5 Å². The van der Waals surface area contributed by atoms with E-state index in [1.54, 1.807) is 81.0 Å². The maximum Gasteiger partial charge on any atom is 0.338 e. The number of aromatic nitrogens is 1. The lowest BCUT2D eigenvalue weighted by Crippen LogP contribution is -2.29. The maximum atomic E-state index is 13.2. The molecule has 36 heavy (non-hydrogen) atoms. The molecule has 1 unspecified atom stereocenters. The Kier molecular flexibility index (Phi) is 7.15. The number of likely N-dealkylation sites (tertiary alicyclic amines) is 1. The molecule has 2 aromatic carbocycles. The first-order chi connectivity index (χ1) is 17.3.